The van der Waals surface area contributed by atoms with E-state index < -0.39 is 0 Å². The number of rotatable bonds is 7. The Bertz CT molecular complexity index is 899. The van der Waals surface area contributed by atoms with Gasteiger partial charge < -0.3 is 10.1 Å². The molecule has 1 aromatic heterocycles. The summed E-state index contributed by atoms with van der Waals surface area (Å²) in [7, 11) is 1.64. The fourth-order valence-corrected chi connectivity index (χ4v) is 3.13. The highest BCUT2D eigenvalue weighted by molar-refractivity contribution is 5.76. The van der Waals surface area contributed by atoms with Crippen molar-refractivity contribution in [3.63, 3.8) is 0 Å². The highest BCUT2D eigenvalue weighted by atomic mass is 16.5. The van der Waals surface area contributed by atoms with Gasteiger partial charge in [0.05, 0.1) is 18.5 Å². The average Bonchev–Trinajstić information content (AvgIpc) is 2.99. The van der Waals surface area contributed by atoms with Crippen LogP contribution in [0.15, 0.2) is 54.6 Å². The molecule has 3 aromatic rings. The van der Waals surface area contributed by atoms with Gasteiger partial charge >= 0.3 is 0 Å². The van der Waals surface area contributed by atoms with Crippen molar-refractivity contribution in [2.75, 3.05) is 7.11 Å². The third kappa shape index (κ3) is 4.56. The minimum absolute atomic E-state index is 0.0390. The molecule has 0 radical (unpaired) electrons. The molecule has 0 saturated carbocycles. The van der Waals surface area contributed by atoms with Gasteiger partial charge in [0.25, 0.3) is 0 Å². The summed E-state index contributed by atoms with van der Waals surface area (Å²) in [6, 6.07) is 17.8. The molecule has 0 aliphatic heterocycles. The molecular formula is C22H25N3O2. The summed E-state index contributed by atoms with van der Waals surface area (Å²) in [6.45, 7) is 4.57. The van der Waals surface area contributed by atoms with Crippen LogP contribution in [-0.4, -0.2) is 22.8 Å². The lowest BCUT2D eigenvalue weighted by Gasteiger charge is -2.07. The first-order valence-electron chi connectivity index (χ1n) is 9.08. The Balaban J connectivity index is 1.58. The molecule has 27 heavy (non-hydrogen) atoms. The largest absolute Gasteiger partial charge is 0.497 e. The lowest BCUT2D eigenvalue weighted by Crippen LogP contribution is -2.23. The first-order chi connectivity index (χ1) is 13.1. The minimum Gasteiger partial charge on any atom is -0.497 e. The second-order valence-corrected chi connectivity index (χ2v) is 6.52. The van der Waals surface area contributed by atoms with E-state index in [9.17, 15) is 4.79 Å². The van der Waals surface area contributed by atoms with Gasteiger partial charge in [0, 0.05) is 18.7 Å². The molecule has 1 amide bonds. The molecule has 0 atom stereocenters. The zero-order valence-electron chi connectivity index (χ0n) is 16.0. The molecule has 0 aliphatic rings. The predicted molar refractivity (Wildman–Crippen MR) is 106 cm³/mol. The van der Waals surface area contributed by atoms with Crippen LogP contribution in [0.3, 0.4) is 0 Å². The first-order valence-corrected chi connectivity index (χ1v) is 9.08. The molecule has 2 aromatic carbocycles. The van der Waals surface area contributed by atoms with Crippen LogP contribution in [0.4, 0.5) is 0 Å². The zero-order valence-corrected chi connectivity index (χ0v) is 16.0. The van der Waals surface area contributed by atoms with Gasteiger partial charge in [0.15, 0.2) is 0 Å². The molecule has 1 N–H and O–H groups in total. The minimum atomic E-state index is 0.0390. The number of benzene rings is 2. The van der Waals surface area contributed by atoms with E-state index in [2.05, 4.69) is 17.3 Å². The number of nitrogens with one attached hydrogen (secondary N) is 1. The molecular weight excluding hydrogens is 338 g/mol. The van der Waals surface area contributed by atoms with E-state index >= 15 is 0 Å². The van der Waals surface area contributed by atoms with Gasteiger partial charge in [-0.2, -0.15) is 5.10 Å². The second kappa shape index (κ2) is 8.54. The van der Waals surface area contributed by atoms with Crippen molar-refractivity contribution >= 4 is 5.91 Å². The number of aromatic nitrogens is 2. The quantitative estimate of drug-likeness (QED) is 0.696. The smallest absolute Gasteiger partial charge is 0.220 e. The van der Waals surface area contributed by atoms with E-state index in [-0.39, 0.29) is 5.91 Å². The average molecular weight is 363 g/mol. The van der Waals surface area contributed by atoms with Crippen molar-refractivity contribution in [1.29, 1.82) is 0 Å². The molecule has 0 aliphatic carbocycles. The molecule has 0 saturated heterocycles. The SMILES string of the molecule is COc1ccc(CNC(=O)CCc2c(C)nn(-c3ccccc3)c2C)cc1. The highest BCUT2D eigenvalue weighted by Gasteiger charge is 2.14. The molecule has 0 unspecified atom stereocenters. The number of para-hydroxylation sites is 1. The van der Waals surface area contributed by atoms with E-state index in [1.165, 1.54) is 0 Å². The fraction of sp³-hybridized carbons (Fsp3) is 0.273. The number of hydrogen-bond acceptors (Lipinski definition) is 3. The monoisotopic (exact) mass is 363 g/mol. The van der Waals surface area contributed by atoms with Crippen LogP contribution in [0.2, 0.25) is 0 Å². The summed E-state index contributed by atoms with van der Waals surface area (Å²) in [5.74, 6) is 0.850. The van der Waals surface area contributed by atoms with Crippen LogP contribution >= 0.6 is 0 Å². The summed E-state index contributed by atoms with van der Waals surface area (Å²) in [4.78, 5) is 12.2. The van der Waals surface area contributed by atoms with Crippen LogP contribution in [0.25, 0.3) is 5.69 Å². The van der Waals surface area contributed by atoms with Crippen LogP contribution in [0.1, 0.15) is 28.9 Å². The van der Waals surface area contributed by atoms with Crippen molar-refractivity contribution in [2.24, 2.45) is 0 Å². The Labute approximate surface area is 160 Å². The topological polar surface area (TPSA) is 56.1 Å². The summed E-state index contributed by atoms with van der Waals surface area (Å²) in [5, 5.41) is 7.62. The lowest BCUT2D eigenvalue weighted by atomic mass is 10.1. The number of carbonyl (C=O) groups is 1. The van der Waals surface area contributed by atoms with E-state index in [1.807, 2.05) is 66.2 Å². The lowest BCUT2D eigenvalue weighted by molar-refractivity contribution is -0.121. The van der Waals surface area contributed by atoms with Gasteiger partial charge in [-0.15, -0.1) is 0 Å². The maximum Gasteiger partial charge on any atom is 0.220 e. The number of hydrogen-bond donors (Lipinski definition) is 1. The van der Waals surface area contributed by atoms with Crippen molar-refractivity contribution < 1.29 is 9.53 Å². The van der Waals surface area contributed by atoms with Gasteiger partial charge in [-0.05, 0) is 55.7 Å². The molecule has 3 rings (SSSR count). The third-order valence-electron chi connectivity index (χ3n) is 4.69. The van der Waals surface area contributed by atoms with E-state index in [0.29, 0.717) is 19.4 Å². The third-order valence-corrected chi connectivity index (χ3v) is 4.69. The second-order valence-electron chi connectivity index (χ2n) is 6.52. The van der Waals surface area contributed by atoms with Crippen LogP contribution < -0.4 is 10.1 Å². The summed E-state index contributed by atoms with van der Waals surface area (Å²) in [5.41, 5.74) is 5.28. The Morgan fingerprint density at radius 1 is 1.07 bits per heavy atom. The number of methoxy groups -OCH3 is 1. The van der Waals surface area contributed by atoms with Crippen LogP contribution in [0.5, 0.6) is 5.75 Å². The summed E-state index contributed by atoms with van der Waals surface area (Å²) >= 11 is 0. The first kappa shape index (κ1) is 18.7. The van der Waals surface area contributed by atoms with Crippen LogP contribution in [0, 0.1) is 13.8 Å². The van der Waals surface area contributed by atoms with Gasteiger partial charge in [-0.3, -0.25) is 4.79 Å². The van der Waals surface area contributed by atoms with Crippen molar-refractivity contribution in [2.45, 2.75) is 33.2 Å². The number of ether oxygens (including phenoxy) is 1. The van der Waals surface area contributed by atoms with E-state index in [0.717, 1.165) is 34.0 Å². The Morgan fingerprint density at radius 2 is 1.78 bits per heavy atom. The van der Waals surface area contributed by atoms with Gasteiger partial charge in [0.1, 0.15) is 5.75 Å². The fourth-order valence-electron chi connectivity index (χ4n) is 3.13. The highest BCUT2D eigenvalue weighted by Crippen LogP contribution is 2.19. The van der Waals surface area contributed by atoms with Crippen molar-refractivity contribution in [3.05, 3.63) is 77.1 Å². The molecule has 140 valence electrons. The summed E-state index contributed by atoms with van der Waals surface area (Å²) in [6.07, 6.45) is 1.12. The predicted octanol–water partition coefficient (Wildman–Crippen LogP) is 3.75. The maximum absolute atomic E-state index is 12.2. The van der Waals surface area contributed by atoms with Crippen molar-refractivity contribution in [1.82, 2.24) is 15.1 Å². The molecule has 5 nitrogen and oxygen atoms in total. The Hall–Kier alpha value is -3.08. The van der Waals surface area contributed by atoms with Crippen molar-refractivity contribution in [3.8, 4) is 11.4 Å². The number of carbonyl (C=O) groups excluding carboxylic acids is 1. The number of aryl methyl sites for hydroxylation is 1. The van der Waals surface area contributed by atoms with E-state index in [4.69, 9.17) is 4.74 Å². The van der Waals surface area contributed by atoms with Gasteiger partial charge in [-0.1, -0.05) is 30.3 Å². The maximum atomic E-state index is 12.2. The number of nitrogens with zero attached hydrogens (tertiary/aromatic N) is 2. The van der Waals surface area contributed by atoms with Gasteiger partial charge in [-0.25, -0.2) is 4.68 Å². The normalized spacial score (nSPS) is 10.6. The summed E-state index contributed by atoms with van der Waals surface area (Å²) < 4.78 is 7.09. The zero-order chi connectivity index (χ0) is 19.2. The van der Waals surface area contributed by atoms with Gasteiger partial charge in [0.2, 0.25) is 5.91 Å². The molecule has 5 heteroatoms. The standard InChI is InChI=1S/C22H25N3O2/c1-16-21(17(2)25(24-16)19-7-5-4-6-8-19)13-14-22(26)23-15-18-9-11-20(27-3)12-10-18/h4-12H,13-15H2,1-3H3,(H,23,26). The molecule has 1 heterocycles. The van der Waals surface area contributed by atoms with Crippen LogP contribution in [-0.2, 0) is 17.8 Å². The van der Waals surface area contributed by atoms with E-state index in [1.54, 1.807) is 7.11 Å². The Kier molecular flexibility index (Phi) is 5.91. The number of amides is 1. The molecule has 0 fully saturated rings. The molecule has 0 bridgehead atoms. The Morgan fingerprint density at radius 3 is 2.44 bits per heavy atom. The molecule has 0 spiro atoms.